The van der Waals surface area contributed by atoms with Crippen LogP contribution in [0.4, 0.5) is 5.95 Å². The Morgan fingerprint density at radius 2 is 2.14 bits per heavy atom. The third kappa shape index (κ3) is 2.55. The third-order valence-corrected chi connectivity index (χ3v) is 8.11. The van der Waals surface area contributed by atoms with Crippen molar-refractivity contribution in [3.05, 3.63) is 51.9 Å². The van der Waals surface area contributed by atoms with Crippen molar-refractivity contribution in [2.45, 2.75) is 43.3 Å². The van der Waals surface area contributed by atoms with Crippen LogP contribution >= 0.6 is 23.1 Å². The Balaban J connectivity index is 1.44. The van der Waals surface area contributed by atoms with Gasteiger partial charge in [-0.15, -0.1) is 21.5 Å². The van der Waals surface area contributed by atoms with Gasteiger partial charge in [-0.3, -0.25) is 10.3 Å². The highest BCUT2D eigenvalue weighted by atomic mass is 32.2. The number of thioether (sulfide) groups is 1. The van der Waals surface area contributed by atoms with Gasteiger partial charge >= 0.3 is 0 Å². The fraction of sp³-hybridized carbons (Fsp3) is 0.400. The van der Waals surface area contributed by atoms with Crippen LogP contribution in [0.5, 0.6) is 0 Å². The molecule has 1 fully saturated rings. The topological polar surface area (TPSA) is 58.0 Å². The zero-order valence-corrected chi connectivity index (χ0v) is 17.3. The number of nitrogens with zero attached hydrogens (tertiary/aromatic N) is 4. The van der Waals surface area contributed by atoms with Gasteiger partial charge in [-0.2, -0.15) is 0 Å². The summed E-state index contributed by atoms with van der Waals surface area (Å²) < 4.78 is 2.27. The molecule has 1 aromatic carbocycles. The second-order valence-corrected chi connectivity index (χ2v) is 9.80. The van der Waals surface area contributed by atoms with Gasteiger partial charge in [0.2, 0.25) is 5.95 Å². The van der Waals surface area contributed by atoms with Gasteiger partial charge in [0.1, 0.15) is 11.2 Å². The molecular weight excluding hydrogens is 388 g/mol. The lowest BCUT2D eigenvalue weighted by atomic mass is 9.87. The number of thiophene rings is 1. The van der Waals surface area contributed by atoms with E-state index in [0.717, 1.165) is 29.4 Å². The molecule has 8 heteroatoms. The summed E-state index contributed by atoms with van der Waals surface area (Å²) >= 11 is 3.71. The summed E-state index contributed by atoms with van der Waals surface area (Å²) in [6, 6.07) is 10.6. The summed E-state index contributed by atoms with van der Waals surface area (Å²) in [4.78, 5) is 1.55. The van der Waals surface area contributed by atoms with Crippen LogP contribution in [-0.2, 0) is 18.6 Å². The first-order chi connectivity index (χ1) is 13.8. The van der Waals surface area contributed by atoms with Crippen LogP contribution in [-0.4, -0.2) is 21.4 Å². The molecule has 2 aliphatic heterocycles. The number of hydrogen-bond acceptors (Lipinski definition) is 7. The third-order valence-electron chi connectivity index (χ3n) is 5.86. The average Bonchev–Trinajstić information content (AvgIpc) is 3.42. The van der Waals surface area contributed by atoms with Crippen molar-refractivity contribution >= 4 is 29.0 Å². The highest BCUT2D eigenvalue weighted by Crippen LogP contribution is 2.48. The van der Waals surface area contributed by atoms with Crippen LogP contribution in [0.15, 0.2) is 35.5 Å². The van der Waals surface area contributed by atoms with Crippen LogP contribution in [0.3, 0.4) is 0 Å². The number of rotatable bonds is 3. The summed E-state index contributed by atoms with van der Waals surface area (Å²) in [7, 11) is 0. The quantitative estimate of drug-likeness (QED) is 0.643. The number of hydrazine groups is 1. The Kier molecular flexibility index (Phi) is 4.01. The Hall–Kier alpha value is -1.87. The van der Waals surface area contributed by atoms with E-state index in [1.165, 1.54) is 35.4 Å². The molecule has 0 spiro atoms. The molecule has 6 rings (SSSR count). The lowest BCUT2D eigenvalue weighted by Gasteiger charge is -2.31. The maximum atomic E-state index is 4.57. The van der Waals surface area contributed by atoms with E-state index in [9.17, 15) is 0 Å². The summed E-state index contributed by atoms with van der Waals surface area (Å²) in [6.07, 6.45) is 3.81. The number of nitrogens with one attached hydrogen (secondary N) is 2. The zero-order valence-electron chi connectivity index (χ0n) is 15.7. The molecule has 0 radical (unpaired) electrons. The van der Waals surface area contributed by atoms with Gasteiger partial charge < -0.3 is 0 Å². The maximum Gasteiger partial charge on any atom is 0.249 e. The maximum absolute atomic E-state index is 4.57. The molecule has 6 nitrogen and oxygen atoms in total. The fourth-order valence-electron chi connectivity index (χ4n) is 4.45. The lowest BCUT2D eigenvalue weighted by molar-refractivity contribution is 0.499. The highest BCUT2D eigenvalue weighted by molar-refractivity contribution is 7.98. The fourth-order valence-corrected chi connectivity index (χ4v) is 6.94. The summed E-state index contributed by atoms with van der Waals surface area (Å²) in [5.41, 5.74) is 7.74. The molecule has 3 aromatic rings. The number of aromatic nitrogens is 3. The largest absolute Gasteiger partial charge is 0.278 e. The van der Waals surface area contributed by atoms with Crippen molar-refractivity contribution < 1.29 is 0 Å². The van der Waals surface area contributed by atoms with Gasteiger partial charge in [0, 0.05) is 16.2 Å². The normalized spacial score (nSPS) is 22.5. The van der Waals surface area contributed by atoms with Crippen molar-refractivity contribution in [2.24, 2.45) is 5.92 Å². The van der Waals surface area contributed by atoms with E-state index in [-0.39, 0.29) is 6.17 Å². The smallest absolute Gasteiger partial charge is 0.249 e. The minimum absolute atomic E-state index is 0.159. The number of anilines is 1. The van der Waals surface area contributed by atoms with Gasteiger partial charge in [-0.1, -0.05) is 49.0 Å². The predicted molar refractivity (Wildman–Crippen MR) is 113 cm³/mol. The van der Waals surface area contributed by atoms with E-state index in [0.29, 0.717) is 0 Å². The molecule has 3 aliphatic rings. The van der Waals surface area contributed by atoms with Crippen LogP contribution in [0, 0.1) is 5.92 Å². The molecule has 4 heterocycles. The van der Waals surface area contributed by atoms with Gasteiger partial charge in [0.15, 0.2) is 5.16 Å². The Morgan fingerprint density at radius 1 is 1.25 bits per heavy atom. The van der Waals surface area contributed by atoms with Crippen molar-refractivity contribution in [1.29, 1.82) is 0 Å². The Labute approximate surface area is 172 Å². The molecule has 144 valence electrons. The molecule has 1 saturated heterocycles. The number of hydrogen-bond donors (Lipinski definition) is 2. The standard InChI is InChI=1S/C20H22N6S2/c1-12-7-8-14-15(9-12)28-18-16(14)17-21-11-22-26(17)19-23-24-20(25(18)19)27-10-13-5-3-2-4-6-13/h2-6,12,17,21-22H,7-11H2,1H3/t12-,17?/m0/s1. The molecule has 28 heavy (non-hydrogen) atoms. The van der Waals surface area contributed by atoms with Crippen molar-refractivity contribution in [3.63, 3.8) is 0 Å². The lowest BCUT2D eigenvalue weighted by Crippen LogP contribution is -2.39. The minimum Gasteiger partial charge on any atom is -0.278 e. The van der Waals surface area contributed by atoms with Gasteiger partial charge in [0.25, 0.3) is 0 Å². The second-order valence-electron chi connectivity index (χ2n) is 7.77. The molecule has 2 aromatic heterocycles. The first-order valence-electron chi connectivity index (χ1n) is 9.82. The monoisotopic (exact) mass is 410 g/mol. The molecule has 1 aliphatic carbocycles. The first-order valence-corrected chi connectivity index (χ1v) is 11.6. The molecule has 0 bridgehead atoms. The summed E-state index contributed by atoms with van der Waals surface area (Å²) in [6.45, 7) is 3.12. The molecule has 0 amide bonds. The van der Waals surface area contributed by atoms with Crippen LogP contribution < -0.4 is 15.8 Å². The molecule has 2 atom stereocenters. The van der Waals surface area contributed by atoms with Crippen LogP contribution in [0.2, 0.25) is 0 Å². The van der Waals surface area contributed by atoms with E-state index < -0.39 is 0 Å². The van der Waals surface area contributed by atoms with Crippen molar-refractivity contribution in [2.75, 3.05) is 11.7 Å². The first kappa shape index (κ1) is 17.0. The van der Waals surface area contributed by atoms with E-state index in [2.05, 4.69) is 67.8 Å². The average molecular weight is 411 g/mol. The summed E-state index contributed by atoms with van der Waals surface area (Å²) in [5, 5.41) is 17.2. The zero-order chi connectivity index (χ0) is 18.7. The SMILES string of the molecule is C[C@H]1CCc2c(sc3c2C2NCNN2c2nnc(SCc4ccccc4)n2-3)C1. The van der Waals surface area contributed by atoms with Crippen molar-refractivity contribution in [3.8, 4) is 5.00 Å². The Bertz CT molecular complexity index is 1030. The molecule has 0 saturated carbocycles. The highest BCUT2D eigenvalue weighted by Gasteiger charge is 2.42. The molecule has 1 unspecified atom stereocenters. The van der Waals surface area contributed by atoms with E-state index in [4.69, 9.17) is 0 Å². The van der Waals surface area contributed by atoms with Crippen LogP contribution in [0.1, 0.15) is 41.1 Å². The minimum atomic E-state index is 0.159. The van der Waals surface area contributed by atoms with E-state index >= 15 is 0 Å². The summed E-state index contributed by atoms with van der Waals surface area (Å²) in [5.74, 6) is 2.56. The molecular formula is C20H22N6S2. The second kappa shape index (κ2) is 6.59. The Morgan fingerprint density at radius 3 is 3.04 bits per heavy atom. The van der Waals surface area contributed by atoms with Gasteiger partial charge in [-0.05, 0) is 36.3 Å². The van der Waals surface area contributed by atoms with E-state index in [1.54, 1.807) is 22.2 Å². The predicted octanol–water partition coefficient (Wildman–Crippen LogP) is 3.63. The van der Waals surface area contributed by atoms with Gasteiger partial charge in [-0.25, -0.2) is 9.99 Å². The van der Waals surface area contributed by atoms with Gasteiger partial charge in [0.05, 0.1) is 6.67 Å². The van der Waals surface area contributed by atoms with E-state index in [1.807, 2.05) is 11.3 Å². The van der Waals surface area contributed by atoms with Crippen molar-refractivity contribution in [1.82, 2.24) is 25.5 Å². The number of benzene rings is 1. The number of fused-ring (bicyclic) bond motifs is 8. The van der Waals surface area contributed by atoms with Crippen LogP contribution in [0.25, 0.3) is 5.00 Å². The molecule has 2 N–H and O–H groups in total.